The number of carbonyl (C=O) groups is 1. The number of hydrogen-bond acceptors (Lipinski definition) is 6. The number of aromatic hydroxyl groups is 1. The largest absolute Gasteiger partial charge is 0.508 e. The first-order valence-electron chi connectivity index (χ1n) is 9.93. The number of halogens is 1. The number of hydrazone groups is 1. The third-order valence-corrected chi connectivity index (χ3v) is 7.76. The molecule has 2 N–H and O–H groups in total. The summed E-state index contributed by atoms with van der Waals surface area (Å²) in [4.78, 5) is 14.8. The molecule has 164 valence electrons. The highest BCUT2D eigenvalue weighted by Gasteiger charge is 2.28. The number of piperazine rings is 1. The van der Waals surface area contributed by atoms with Crippen LogP contribution in [0.4, 0.5) is 0 Å². The van der Waals surface area contributed by atoms with E-state index in [4.69, 9.17) is 11.6 Å². The van der Waals surface area contributed by atoms with Crippen LogP contribution >= 0.6 is 11.6 Å². The first-order chi connectivity index (χ1) is 14.8. The van der Waals surface area contributed by atoms with E-state index in [9.17, 15) is 18.3 Å². The number of amides is 1. The van der Waals surface area contributed by atoms with Crippen LogP contribution in [0.15, 0.2) is 46.4 Å². The van der Waals surface area contributed by atoms with Crippen LogP contribution in [-0.4, -0.2) is 67.6 Å². The van der Waals surface area contributed by atoms with E-state index in [1.165, 1.54) is 22.5 Å². The summed E-state index contributed by atoms with van der Waals surface area (Å²) >= 11 is 6.23. The van der Waals surface area contributed by atoms with Crippen molar-refractivity contribution in [3.05, 3.63) is 58.1 Å². The molecule has 0 spiro atoms. The summed E-state index contributed by atoms with van der Waals surface area (Å²) in [5.41, 5.74) is 4.91. The molecular formula is C21H23ClN4O4S. The highest BCUT2D eigenvalue weighted by molar-refractivity contribution is 7.89. The summed E-state index contributed by atoms with van der Waals surface area (Å²) in [6, 6.07) is 9.04. The highest BCUT2D eigenvalue weighted by Crippen LogP contribution is 2.33. The van der Waals surface area contributed by atoms with Crippen LogP contribution in [-0.2, 0) is 16.4 Å². The smallest absolute Gasteiger partial charge is 0.271 e. The van der Waals surface area contributed by atoms with Crippen LogP contribution in [0.25, 0.3) is 0 Å². The van der Waals surface area contributed by atoms with Gasteiger partial charge in [-0.05, 0) is 55.8 Å². The van der Waals surface area contributed by atoms with Gasteiger partial charge < -0.3 is 10.0 Å². The topological polar surface area (TPSA) is 102 Å². The fourth-order valence-electron chi connectivity index (χ4n) is 3.82. The summed E-state index contributed by atoms with van der Waals surface area (Å²) in [5.74, 6) is -0.418. The summed E-state index contributed by atoms with van der Waals surface area (Å²) in [6.07, 6.45) is 1.24. The minimum absolute atomic E-state index is 0.0853. The lowest BCUT2D eigenvalue weighted by Crippen LogP contribution is -2.47. The first kappa shape index (κ1) is 21.8. The molecule has 1 heterocycles. The maximum Gasteiger partial charge on any atom is 0.271 e. The minimum atomic E-state index is -3.67. The number of phenolic OH excluding ortho intramolecular Hbond substituents is 1. The van der Waals surface area contributed by atoms with Crippen LogP contribution in [0.2, 0.25) is 5.02 Å². The van der Waals surface area contributed by atoms with E-state index in [0.29, 0.717) is 55.3 Å². The molecule has 2 aliphatic rings. The van der Waals surface area contributed by atoms with Gasteiger partial charge in [0.15, 0.2) is 0 Å². The van der Waals surface area contributed by atoms with Gasteiger partial charge >= 0.3 is 0 Å². The number of nitrogens with zero attached hydrogens (tertiary/aromatic N) is 3. The van der Waals surface area contributed by atoms with E-state index in [1.807, 2.05) is 7.05 Å². The number of likely N-dealkylation sites (N-methyl/N-ethyl adjacent to an activating group) is 1. The van der Waals surface area contributed by atoms with Crippen molar-refractivity contribution in [1.82, 2.24) is 14.6 Å². The summed E-state index contributed by atoms with van der Waals surface area (Å²) in [6.45, 7) is 2.16. The van der Waals surface area contributed by atoms with Crippen molar-refractivity contribution < 1.29 is 18.3 Å². The molecule has 8 nitrogen and oxygen atoms in total. The lowest BCUT2D eigenvalue weighted by molar-refractivity contribution is 0.0954. The zero-order valence-electron chi connectivity index (χ0n) is 17.0. The lowest BCUT2D eigenvalue weighted by Gasteiger charge is -2.31. The molecule has 0 saturated carbocycles. The Hall–Kier alpha value is -2.46. The van der Waals surface area contributed by atoms with E-state index >= 15 is 0 Å². The van der Waals surface area contributed by atoms with Crippen LogP contribution < -0.4 is 5.43 Å². The number of fused-ring (bicyclic) bond motifs is 1. The molecule has 1 saturated heterocycles. The molecule has 0 radical (unpaired) electrons. The molecular weight excluding hydrogens is 440 g/mol. The molecule has 4 rings (SSSR count). The van der Waals surface area contributed by atoms with Gasteiger partial charge in [-0.25, -0.2) is 13.8 Å². The Kier molecular flexibility index (Phi) is 6.02. The van der Waals surface area contributed by atoms with Crippen LogP contribution in [0.1, 0.15) is 27.9 Å². The Morgan fingerprint density at radius 2 is 1.87 bits per heavy atom. The summed E-state index contributed by atoms with van der Waals surface area (Å²) in [7, 11) is -1.72. The molecule has 31 heavy (non-hydrogen) atoms. The van der Waals surface area contributed by atoms with Gasteiger partial charge in [0.1, 0.15) is 5.75 Å². The predicted molar refractivity (Wildman–Crippen MR) is 118 cm³/mol. The molecule has 1 amide bonds. The van der Waals surface area contributed by atoms with Gasteiger partial charge in [-0.3, -0.25) is 4.79 Å². The molecule has 1 aliphatic heterocycles. The second-order valence-electron chi connectivity index (χ2n) is 7.70. The van der Waals surface area contributed by atoms with E-state index in [1.54, 1.807) is 18.2 Å². The number of rotatable bonds is 4. The van der Waals surface area contributed by atoms with Gasteiger partial charge in [0.05, 0.1) is 15.6 Å². The second-order valence-corrected chi connectivity index (χ2v) is 10.0. The highest BCUT2D eigenvalue weighted by atomic mass is 35.5. The molecule has 2 aromatic carbocycles. The molecule has 2 aromatic rings. The number of sulfonamides is 1. The van der Waals surface area contributed by atoms with Crippen LogP contribution in [0, 0.1) is 0 Å². The van der Waals surface area contributed by atoms with Gasteiger partial charge in [0.2, 0.25) is 10.0 Å². The van der Waals surface area contributed by atoms with Crippen molar-refractivity contribution >= 4 is 33.2 Å². The summed E-state index contributed by atoms with van der Waals surface area (Å²) < 4.78 is 27.3. The van der Waals surface area contributed by atoms with Crippen LogP contribution in [0.3, 0.4) is 0 Å². The van der Waals surface area contributed by atoms with Gasteiger partial charge in [0, 0.05) is 37.3 Å². The van der Waals surface area contributed by atoms with Gasteiger partial charge in [-0.1, -0.05) is 17.7 Å². The van der Waals surface area contributed by atoms with Crippen molar-refractivity contribution in [3.63, 3.8) is 0 Å². The van der Waals surface area contributed by atoms with Crippen molar-refractivity contribution in [2.45, 2.75) is 17.7 Å². The fourth-order valence-corrected chi connectivity index (χ4v) is 5.63. The second kappa shape index (κ2) is 8.58. The SMILES string of the molecule is CN1CCN(S(=O)(=O)c2cccc(C(=O)N/N=C3/CCc4cc(O)cc(Cl)c43)c2)CC1. The molecule has 10 heteroatoms. The predicted octanol–water partition coefficient (Wildman–Crippen LogP) is 2.06. The standard InChI is InChI=1S/C21H23ClN4O4S/c1-25-7-9-26(10-8-25)31(29,30)17-4-2-3-15(12-17)21(28)24-23-19-6-5-14-11-16(27)13-18(22)20(14)19/h2-4,11-13,27H,5-10H2,1H3,(H,24,28)/b23-19-. The third-order valence-electron chi connectivity index (χ3n) is 5.57. The number of carbonyl (C=O) groups excluding carboxylic acids is 1. The van der Waals surface area contributed by atoms with Crippen molar-refractivity contribution in [1.29, 1.82) is 0 Å². The maximum atomic E-state index is 13.0. The molecule has 1 aliphatic carbocycles. The van der Waals surface area contributed by atoms with E-state index in [0.717, 1.165) is 5.56 Å². The van der Waals surface area contributed by atoms with E-state index in [2.05, 4.69) is 15.4 Å². The summed E-state index contributed by atoms with van der Waals surface area (Å²) in [5, 5.41) is 14.3. The molecule has 0 bridgehead atoms. The molecule has 0 atom stereocenters. The minimum Gasteiger partial charge on any atom is -0.508 e. The Morgan fingerprint density at radius 1 is 1.13 bits per heavy atom. The van der Waals surface area contributed by atoms with E-state index < -0.39 is 15.9 Å². The Balaban J connectivity index is 1.52. The zero-order chi connectivity index (χ0) is 22.2. The van der Waals surface area contributed by atoms with E-state index in [-0.39, 0.29) is 16.2 Å². The number of phenols is 1. The third kappa shape index (κ3) is 4.45. The lowest BCUT2D eigenvalue weighted by atomic mass is 10.1. The maximum absolute atomic E-state index is 13.0. The normalized spacial score (nSPS) is 18.8. The molecule has 1 fully saturated rings. The van der Waals surface area contributed by atoms with Gasteiger partial charge in [0.25, 0.3) is 5.91 Å². The van der Waals surface area contributed by atoms with Gasteiger partial charge in [-0.15, -0.1) is 0 Å². The molecule has 0 unspecified atom stereocenters. The van der Waals surface area contributed by atoms with Crippen molar-refractivity contribution in [2.75, 3.05) is 33.2 Å². The van der Waals surface area contributed by atoms with Crippen molar-refractivity contribution in [3.8, 4) is 5.75 Å². The fraction of sp³-hybridized carbons (Fsp3) is 0.333. The Morgan fingerprint density at radius 3 is 2.61 bits per heavy atom. The average molecular weight is 463 g/mol. The first-order valence-corrected chi connectivity index (χ1v) is 11.7. The average Bonchev–Trinajstić information content (AvgIpc) is 3.15. The zero-order valence-corrected chi connectivity index (χ0v) is 18.6. The quantitative estimate of drug-likeness (QED) is 0.677. The molecule has 0 aromatic heterocycles. The Labute approximate surface area is 186 Å². The number of aryl methyl sites for hydroxylation is 1. The number of nitrogens with one attached hydrogen (secondary N) is 1. The van der Waals surface area contributed by atoms with Crippen molar-refractivity contribution in [2.24, 2.45) is 5.10 Å². The Bertz CT molecular complexity index is 1160. The van der Waals surface area contributed by atoms with Crippen LogP contribution in [0.5, 0.6) is 5.75 Å². The number of hydrogen-bond donors (Lipinski definition) is 2. The van der Waals surface area contributed by atoms with Gasteiger partial charge in [-0.2, -0.15) is 9.41 Å². The monoisotopic (exact) mass is 462 g/mol. The number of benzene rings is 2.